The van der Waals surface area contributed by atoms with E-state index in [1.54, 1.807) is 64.2 Å². The summed E-state index contributed by atoms with van der Waals surface area (Å²) in [6.07, 6.45) is 2.02. The van der Waals surface area contributed by atoms with Gasteiger partial charge in [0.15, 0.2) is 0 Å². The minimum atomic E-state index is -1.57. The highest BCUT2D eigenvalue weighted by molar-refractivity contribution is 6.35. The summed E-state index contributed by atoms with van der Waals surface area (Å²) in [5.41, 5.74) is -0.589. The molecule has 1 aromatic carbocycles. The van der Waals surface area contributed by atoms with Gasteiger partial charge in [-0.1, -0.05) is 42.3 Å². The Morgan fingerprint density at radius 1 is 1.20 bits per heavy atom. The van der Waals surface area contributed by atoms with Crippen molar-refractivity contribution in [1.29, 1.82) is 0 Å². The number of likely N-dealkylation sites (N-methyl/N-ethyl adjacent to an activating group) is 2. The summed E-state index contributed by atoms with van der Waals surface area (Å²) in [5.74, 6) is -2.11. The van der Waals surface area contributed by atoms with Gasteiger partial charge in [0.25, 0.3) is 0 Å². The van der Waals surface area contributed by atoms with Gasteiger partial charge < -0.3 is 43.5 Å². The molecule has 2 saturated heterocycles. The van der Waals surface area contributed by atoms with Crippen LogP contribution in [0.1, 0.15) is 52.5 Å². The van der Waals surface area contributed by atoms with Crippen LogP contribution >= 0.6 is 11.6 Å². The Labute approximate surface area is 305 Å². The number of hydrogen-bond acceptors (Lipinski definition) is 11. The number of carbonyl (C=O) groups excluding carboxylic acids is 4. The molecule has 8 atom stereocenters. The highest BCUT2D eigenvalue weighted by Gasteiger charge is 2.64. The molecule has 0 saturated carbocycles. The fraction of sp³-hybridized carbons (Fsp3) is 0.622. The van der Waals surface area contributed by atoms with Crippen molar-refractivity contribution in [3.63, 3.8) is 0 Å². The summed E-state index contributed by atoms with van der Waals surface area (Å²) in [6, 6.07) is 2.63. The lowest BCUT2D eigenvalue weighted by atomic mass is 9.78. The van der Waals surface area contributed by atoms with Crippen molar-refractivity contribution in [2.24, 2.45) is 5.92 Å². The van der Waals surface area contributed by atoms with Gasteiger partial charge in [0.2, 0.25) is 11.8 Å². The predicted octanol–water partition coefficient (Wildman–Crippen LogP) is 3.33. The quantitative estimate of drug-likeness (QED) is 0.325. The number of benzene rings is 1. The molecule has 2 fully saturated rings. The normalized spacial score (nSPS) is 32.2. The standard InChI is InChI=1S/C37H52ClN3O10/c1-21-12-11-13-28(48-10)37(46)18-27(49-32(44)19-37)22(2)34-36(4,51-34)29(50-35(45)23(3)40(7)31(43)20-39(5)6)17-30(42)41(8)25-15-24(14-21)16-26(47-9)33(25)38/h11-13,15-16,22-23,27-29,34,46H,14,17-20H2,1-10H3/b13-11+,21-12+/t22-,23+,27+,28-,29+,34+,36+,37-/m1/s1. The number of esters is 2. The summed E-state index contributed by atoms with van der Waals surface area (Å²) in [4.78, 5) is 57.8. The van der Waals surface area contributed by atoms with Crippen molar-refractivity contribution in [2.45, 2.75) is 95.0 Å². The first-order valence-corrected chi connectivity index (χ1v) is 17.4. The zero-order valence-electron chi connectivity index (χ0n) is 31.2. The molecule has 3 heterocycles. The molecule has 2 amide bonds. The molecule has 4 rings (SSSR count). The number of rotatable bonds is 7. The molecule has 1 N–H and O–H groups in total. The van der Waals surface area contributed by atoms with Gasteiger partial charge >= 0.3 is 11.9 Å². The number of epoxide rings is 1. The topological polar surface area (TPSA) is 148 Å². The zero-order valence-corrected chi connectivity index (χ0v) is 32.0. The number of ether oxygens (including phenoxy) is 5. The van der Waals surface area contributed by atoms with Gasteiger partial charge in [-0.15, -0.1) is 0 Å². The van der Waals surface area contributed by atoms with Crippen LogP contribution in [0.4, 0.5) is 5.69 Å². The van der Waals surface area contributed by atoms with Crippen molar-refractivity contribution < 1.29 is 48.0 Å². The van der Waals surface area contributed by atoms with E-state index < -0.39 is 65.4 Å². The van der Waals surface area contributed by atoms with E-state index in [2.05, 4.69) is 0 Å². The number of methoxy groups -OCH3 is 2. The maximum atomic E-state index is 14.1. The van der Waals surface area contributed by atoms with Crippen LogP contribution in [0.5, 0.6) is 5.75 Å². The second-order valence-electron chi connectivity index (χ2n) is 14.5. The highest BCUT2D eigenvalue weighted by atomic mass is 35.5. The fourth-order valence-electron chi connectivity index (χ4n) is 6.85. The average Bonchev–Trinajstić information content (AvgIpc) is 3.76. The molecule has 0 aromatic heterocycles. The molecule has 4 bridgehead atoms. The average molecular weight is 734 g/mol. The van der Waals surface area contributed by atoms with Crippen molar-refractivity contribution in [3.05, 3.63) is 46.5 Å². The minimum absolute atomic E-state index is 0.0630. The zero-order chi connectivity index (χ0) is 38.0. The summed E-state index contributed by atoms with van der Waals surface area (Å²) in [7, 11) is 9.56. The van der Waals surface area contributed by atoms with E-state index in [-0.39, 0.29) is 36.7 Å². The van der Waals surface area contributed by atoms with Gasteiger partial charge in [-0.05, 0) is 59.0 Å². The van der Waals surface area contributed by atoms with Crippen LogP contribution in [0.2, 0.25) is 5.02 Å². The maximum absolute atomic E-state index is 14.1. The van der Waals surface area contributed by atoms with Gasteiger partial charge in [0.05, 0.1) is 38.3 Å². The van der Waals surface area contributed by atoms with Crippen LogP contribution in [0, 0.1) is 5.92 Å². The number of carbonyl (C=O) groups is 4. The Kier molecular flexibility index (Phi) is 12.7. The van der Waals surface area contributed by atoms with Gasteiger partial charge in [-0.2, -0.15) is 0 Å². The molecule has 3 aliphatic heterocycles. The van der Waals surface area contributed by atoms with Gasteiger partial charge in [0, 0.05) is 33.5 Å². The third kappa shape index (κ3) is 8.94. The molecule has 51 heavy (non-hydrogen) atoms. The van der Waals surface area contributed by atoms with Gasteiger partial charge in [-0.25, -0.2) is 4.79 Å². The second kappa shape index (κ2) is 16.0. The molecule has 14 heteroatoms. The lowest BCUT2D eigenvalue weighted by Crippen LogP contribution is -2.53. The molecule has 0 aliphatic carbocycles. The van der Waals surface area contributed by atoms with E-state index in [1.165, 1.54) is 31.1 Å². The summed E-state index contributed by atoms with van der Waals surface area (Å²) >= 11 is 6.75. The van der Waals surface area contributed by atoms with Crippen LogP contribution in [0.3, 0.4) is 0 Å². The van der Waals surface area contributed by atoms with Crippen LogP contribution in [0.15, 0.2) is 35.9 Å². The molecule has 282 valence electrons. The number of allylic oxidation sites excluding steroid dienone is 3. The van der Waals surface area contributed by atoms with E-state index in [0.717, 1.165) is 11.1 Å². The predicted molar refractivity (Wildman–Crippen MR) is 191 cm³/mol. The molecular weight excluding hydrogens is 682 g/mol. The van der Waals surface area contributed by atoms with Crippen LogP contribution in [-0.4, -0.2) is 129 Å². The van der Waals surface area contributed by atoms with Crippen LogP contribution in [-0.2, 0) is 44.5 Å². The number of aliphatic hydroxyl groups is 1. The molecule has 3 aliphatic rings. The third-order valence-corrected chi connectivity index (χ3v) is 10.6. The smallest absolute Gasteiger partial charge is 0.328 e. The van der Waals surface area contributed by atoms with E-state index >= 15 is 0 Å². The number of nitrogens with zero attached hydrogens (tertiary/aromatic N) is 3. The first-order chi connectivity index (χ1) is 23.8. The molecule has 13 nitrogen and oxygen atoms in total. The number of halogens is 1. The monoisotopic (exact) mass is 733 g/mol. The lowest BCUT2D eigenvalue weighted by Gasteiger charge is -2.41. The fourth-order valence-corrected chi connectivity index (χ4v) is 7.17. The van der Waals surface area contributed by atoms with Crippen LogP contribution < -0.4 is 9.64 Å². The molecule has 0 spiro atoms. The number of amides is 2. The summed E-state index contributed by atoms with van der Waals surface area (Å²) in [6.45, 7) is 7.14. The van der Waals surface area contributed by atoms with Crippen molar-refractivity contribution in [2.75, 3.05) is 53.9 Å². The van der Waals surface area contributed by atoms with Gasteiger partial charge in [0.1, 0.15) is 46.3 Å². The second-order valence-corrected chi connectivity index (χ2v) is 14.8. The van der Waals surface area contributed by atoms with Gasteiger partial charge in [-0.3, -0.25) is 14.4 Å². The first kappa shape index (κ1) is 40.3. The Balaban J connectivity index is 1.77. The van der Waals surface area contributed by atoms with E-state index in [0.29, 0.717) is 17.9 Å². The van der Waals surface area contributed by atoms with E-state index in [4.69, 9.17) is 35.3 Å². The Morgan fingerprint density at radius 3 is 2.51 bits per heavy atom. The summed E-state index contributed by atoms with van der Waals surface area (Å²) < 4.78 is 29.3. The third-order valence-electron chi connectivity index (χ3n) is 10.2. The summed E-state index contributed by atoms with van der Waals surface area (Å²) in [5, 5.41) is 12.0. The Hall–Kier alpha value is -3.49. The lowest BCUT2D eigenvalue weighted by molar-refractivity contribution is -0.187. The largest absolute Gasteiger partial charge is 0.495 e. The highest BCUT2D eigenvalue weighted by Crippen LogP contribution is 2.50. The first-order valence-electron chi connectivity index (χ1n) is 17.0. The number of fused-ring (bicyclic) bond motifs is 5. The maximum Gasteiger partial charge on any atom is 0.328 e. The molecule has 1 aromatic rings. The van der Waals surface area contributed by atoms with E-state index in [1.807, 2.05) is 19.9 Å². The molecular formula is C37H52ClN3O10. The van der Waals surface area contributed by atoms with Crippen molar-refractivity contribution >= 4 is 41.0 Å². The molecule has 0 unspecified atom stereocenters. The molecule has 0 radical (unpaired) electrons. The number of hydrogen-bond donors (Lipinski definition) is 1. The minimum Gasteiger partial charge on any atom is -0.495 e. The van der Waals surface area contributed by atoms with Crippen LogP contribution in [0.25, 0.3) is 0 Å². The Morgan fingerprint density at radius 2 is 1.88 bits per heavy atom. The Bertz CT molecular complexity index is 1560. The SMILES string of the molecule is COc1cc2cc(c1Cl)N(C)C(=O)C[C@H](OC(=O)[C@H](C)N(C)C(=O)CN(C)C)[C@]1(C)O[C@H]1[C@H](C)[C@@H]1C[C@@](O)(CC(=O)O1)[C@H](OC)/C=C/C=C(\C)C2. The number of anilines is 1. The van der Waals surface area contributed by atoms with E-state index in [9.17, 15) is 24.3 Å². The van der Waals surface area contributed by atoms with Crippen molar-refractivity contribution in [1.82, 2.24) is 9.80 Å². The van der Waals surface area contributed by atoms with Crippen molar-refractivity contribution in [3.8, 4) is 5.75 Å².